The Morgan fingerprint density at radius 3 is 2.11 bits per heavy atom. The summed E-state index contributed by atoms with van der Waals surface area (Å²) >= 11 is 3.95. The molecule has 1 aromatic carbocycles. The average molecular weight is 282 g/mol. The zero-order valence-corrected chi connectivity index (χ0v) is 11.9. The number of hydrogen-bond acceptors (Lipinski definition) is 4. The first-order valence-electron chi connectivity index (χ1n) is 6.07. The van der Waals surface area contributed by atoms with Gasteiger partial charge in [0.05, 0.1) is 11.8 Å². The predicted molar refractivity (Wildman–Crippen MR) is 81.3 cm³/mol. The number of benzene rings is 1. The van der Waals surface area contributed by atoms with Crippen molar-refractivity contribution in [2.45, 2.75) is 12.8 Å². The molecular formula is C13H18N2OS2. The fraction of sp³-hybridized carbons (Fsp3) is 0.462. The monoisotopic (exact) mass is 282 g/mol. The van der Waals surface area contributed by atoms with Crippen molar-refractivity contribution in [3.63, 3.8) is 0 Å². The first-order chi connectivity index (χ1) is 8.77. The number of amides is 1. The van der Waals surface area contributed by atoms with Crippen molar-refractivity contribution in [1.29, 1.82) is 0 Å². The molecule has 0 aliphatic carbocycles. The molecule has 0 radical (unpaired) electrons. The Hall–Kier alpha value is -0.810. The van der Waals surface area contributed by atoms with Gasteiger partial charge >= 0.3 is 0 Å². The first-order valence-corrected chi connectivity index (χ1v) is 8.38. The van der Waals surface area contributed by atoms with Crippen molar-refractivity contribution in [3.8, 4) is 0 Å². The van der Waals surface area contributed by atoms with Crippen LogP contribution in [0.5, 0.6) is 0 Å². The lowest BCUT2D eigenvalue weighted by atomic mass is 10.2. The van der Waals surface area contributed by atoms with Crippen LogP contribution in [0, 0.1) is 0 Å². The molecule has 0 aromatic heterocycles. The van der Waals surface area contributed by atoms with E-state index in [1.54, 1.807) is 12.1 Å². The summed E-state index contributed by atoms with van der Waals surface area (Å²) in [7, 11) is 0. The molecule has 1 amide bonds. The highest BCUT2D eigenvalue weighted by Gasteiger charge is 2.09. The maximum atomic E-state index is 11.0. The summed E-state index contributed by atoms with van der Waals surface area (Å²) in [6.07, 6.45) is 2.62. The van der Waals surface area contributed by atoms with Crippen molar-refractivity contribution in [2.75, 3.05) is 28.2 Å². The molecule has 3 nitrogen and oxygen atoms in total. The smallest absolute Gasteiger partial charge is 0.248 e. The Morgan fingerprint density at radius 2 is 1.61 bits per heavy atom. The lowest BCUT2D eigenvalue weighted by Gasteiger charge is -2.23. The fourth-order valence-electron chi connectivity index (χ4n) is 1.78. The maximum absolute atomic E-state index is 11.0. The van der Waals surface area contributed by atoms with Crippen LogP contribution in [0.4, 0.5) is 5.69 Å². The summed E-state index contributed by atoms with van der Waals surface area (Å²) in [6.45, 7) is 0. The van der Waals surface area contributed by atoms with Crippen molar-refractivity contribution < 1.29 is 4.79 Å². The normalized spacial score (nSPS) is 17.7. The number of thioether (sulfide) groups is 2. The summed E-state index contributed by atoms with van der Waals surface area (Å²) < 4.78 is 0. The van der Waals surface area contributed by atoms with Gasteiger partial charge in [-0.15, -0.1) is 23.5 Å². The van der Waals surface area contributed by atoms with E-state index < -0.39 is 0 Å². The lowest BCUT2D eigenvalue weighted by molar-refractivity contribution is 0.100. The molecule has 0 atom stereocenters. The van der Waals surface area contributed by atoms with Crippen LogP contribution in [0.15, 0.2) is 24.3 Å². The quantitative estimate of drug-likeness (QED) is 0.906. The SMILES string of the molecule is NC(=O)c1ccc(N2CSCCCCSC2)cc1. The highest BCUT2D eigenvalue weighted by Crippen LogP contribution is 2.23. The summed E-state index contributed by atoms with van der Waals surface area (Å²) in [6, 6.07) is 7.58. The van der Waals surface area contributed by atoms with Crippen LogP contribution < -0.4 is 10.6 Å². The Labute approximate surface area is 116 Å². The van der Waals surface area contributed by atoms with Gasteiger partial charge in [-0.3, -0.25) is 4.79 Å². The number of primary amides is 1. The van der Waals surface area contributed by atoms with Gasteiger partial charge in [-0.1, -0.05) is 0 Å². The van der Waals surface area contributed by atoms with E-state index >= 15 is 0 Å². The third kappa shape index (κ3) is 3.85. The Bertz CT molecular complexity index is 384. The summed E-state index contributed by atoms with van der Waals surface area (Å²) in [5.41, 5.74) is 6.99. The second-order valence-electron chi connectivity index (χ2n) is 4.23. The molecule has 1 aliphatic rings. The standard InChI is InChI=1S/C13H18N2OS2/c14-13(16)11-3-5-12(6-4-11)15-9-17-7-1-2-8-18-10-15/h3-6H,1-2,7-10H2,(H2,14,16). The third-order valence-electron chi connectivity index (χ3n) is 2.84. The highest BCUT2D eigenvalue weighted by atomic mass is 32.2. The number of nitrogens with two attached hydrogens (primary N) is 1. The zero-order valence-electron chi connectivity index (χ0n) is 10.3. The first kappa shape index (κ1) is 13.6. The van der Waals surface area contributed by atoms with Gasteiger partial charge in [0.25, 0.3) is 0 Å². The molecule has 2 N–H and O–H groups in total. The molecule has 1 heterocycles. The van der Waals surface area contributed by atoms with Crippen LogP contribution in [-0.4, -0.2) is 29.2 Å². The summed E-state index contributed by atoms with van der Waals surface area (Å²) in [5, 5.41) is 0. The molecule has 5 heteroatoms. The molecule has 98 valence electrons. The van der Waals surface area contributed by atoms with Gasteiger partial charge < -0.3 is 10.6 Å². The Balaban J connectivity index is 2.05. The minimum atomic E-state index is -0.366. The van der Waals surface area contributed by atoms with Gasteiger partial charge in [-0.25, -0.2) is 0 Å². The molecule has 1 aliphatic heterocycles. The lowest BCUT2D eigenvalue weighted by Crippen LogP contribution is -2.22. The van der Waals surface area contributed by atoms with E-state index in [0.717, 1.165) is 11.8 Å². The Morgan fingerprint density at radius 1 is 1.06 bits per heavy atom. The minimum absolute atomic E-state index is 0.366. The number of hydrogen-bond donors (Lipinski definition) is 1. The molecule has 1 fully saturated rings. The van der Waals surface area contributed by atoms with Gasteiger partial charge in [0.1, 0.15) is 0 Å². The third-order valence-corrected chi connectivity index (χ3v) is 4.98. The Kier molecular flexibility index (Phi) is 5.26. The molecule has 0 spiro atoms. The van der Waals surface area contributed by atoms with Crippen LogP contribution in [0.2, 0.25) is 0 Å². The van der Waals surface area contributed by atoms with E-state index in [1.165, 1.54) is 30.0 Å². The fourth-order valence-corrected chi connectivity index (χ4v) is 3.89. The molecule has 0 unspecified atom stereocenters. The average Bonchev–Trinajstić information content (AvgIpc) is 2.52. The molecule has 1 saturated heterocycles. The van der Waals surface area contributed by atoms with E-state index in [9.17, 15) is 4.79 Å². The summed E-state index contributed by atoms with van der Waals surface area (Å²) in [4.78, 5) is 13.4. The van der Waals surface area contributed by atoms with Gasteiger partial charge in [-0.2, -0.15) is 0 Å². The summed E-state index contributed by atoms with van der Waals surface area (Å²) in [5.74, 6) is 4.13. The number of rotatable bonds is 2. The topological polar surface area (TPSA) is 46.3 Å². The maximum Gasteiger partial charge on any atom is 0.248 e. The number of anilines is 1. The highest BCUT2D eigenvalue weighted by molar-refractivity contribution is 8.00. The van der Waals surface area contributed by atoms with Gasteiger partial charge in [0, 0.05) is 11.3 Å². The van der Waals surface area contributed by atoms with Crippen molar-refractivity contribution >= 4 is 35.1 Å². The molecule has 1 aromatic rings. The van der Waals surface area contributed by atoms with Crippen LogP contribution in [0.25, 0.3) is 0 Å². The molecular weight excluding hydrogens is 264 g/mol. The van der Waals surface area contributed by atoms with Crippen molar-refractivity contribution in [1.82, 2.24) is 0 Å². The van der Waals surface area contributed by atoms with E-state index in [0.29, 0.717) is 5.56 Å². The van der Waals surface area contributed by atoms with Crippen LogP contribution >= 0.6 is 23.5 Å². The molecule has 18 heavy (non-hydrogen) atoms. The second-order valence-corrected chi connectivity index (χ2v) is 6.38. The van der Waals surface area contributed by atoms with Gasteiger partial charge in [0.15, 0.2) is 0 Å². The van der Waals surface area contributed by atoms with Gasteiger partial charge in [0.2, 0.25) is 5.91 Å². The zero-order chi connectivity index (χ0) is 12.8. The van der Waals surface area contributed by atoms with Crippen LogP contribution in [0.1, 0.15) is 23.2 Å². The number of nitrogens with zero attached hydrogens (tertiary/aromatic N) is 1. The number of carbonyl (C=O) groups excluding carboxylic acids is 1. The molecule has 0 bridgehead atoms. The molecule has 2 rings (SSSR count). The minimum Gasteiger partial charge on any atom is -0.366 e. The number of carbonyl (C=O) groups is 1. The van der Waals surface area contributed by atoms with Gasteiger partial charge in [-0.05, 0) is 48.6 Å². The second kappa shape index (κ2) is 6.95. The van der Waals surface area contributed by atoms with Crippen molar-refractivity contribution in [2.24, 2.45) is 5.73 Å². The van der Waals surface area contributed by atoms with E-state index in [4.69, 9.17) is 5.73 Å². The molecule has 0 saturated carbocycles. The largest absolute Gasteiger partial charge is 0.366 e. The van der Waals surface area contributed by atoms with E-state index in [2.05, 4.69) is 4.90 Å². The van der Waals surface area contributed by atoms with Crippen molar-refractivity contribution in [3.05, 3.63) is 29.8 Å². The van der Waals surface area contributed by atoms with E-state index in [-0.39, 0.29) is 5.91 Å². The van der Waals surface area contributed by atoms with Crippen LogP contribution in [-0.2, 0) is 0 Å². The predicted octanol–water partition coefficient (Wildman–Crippen LogP) is 2.77. The van der Waals surface area contributed by atoms with E-state index in [1.807, 2.05) is 35.7 Å². The van der Waals surface area contributed by atoms with Crippen LogP contribution in [0.3, 0.4) is 0 Å².